The maximum Gasteiger partial charge on any atom is 0.297 e. The maximum atomic E-state index is 13.8. The van der Waals surface area contributed by atoms with E-state index in [4.69, 9.17) is 9.82 Å². The van der Waals surface area contributed by atoms with Gasteiger partial charge in [0, 0.05) is 50.5 Å². The maximum absolute atomic E-state index is 13.8. The highest BCUT2D eigenvalue weighted by Gasteiger charge is 2.57. The first-order chi connectivity index (χ1) is 18.1. The summed E-state index contributed by atoms with van der Waals surface area (Å²) in [5.41, 5.74) is 1.50. The van der Waals surface area contributed by atoms with Crippen LogP contribution in [0.5, 0.6) is 0 Å². The van der Waals surface area contributed by atoms with E-state index in [1.54, 1.807) is 16.0 Å². The molecule has 0 atom stereocenters. The van der Waals surface area contributed by atoms with E-state index in [0.717, 1.165) is 67.4 Å². The Balaban J connectivity index is 1.37. The highest BCUT2D eigenvalue weighted by atomic mass is 16.7. The third kappa shape index (κ3) is 4.24. The Labute approximate surface area is 217 Å². The summed E-state index contributed by atoms with van der Waals surface area (Å²) in [5.74, 6) is -0.509. The Morgan fingerprint density at radius 3 is 2.24 bits per heavy atom. The Kier molecular flexibility index (Phi) is 6.50. The molecule has 5 heterocycles. The Hall–Kier alpha value is -3.17. The summed E-state index contributed by atoms with van der Waals surface area (Å²) in [6.45, 7) is 5.40. The summed E-state index contributed by atoms with van der Waals surface area (Å²) in [6.07, 6.45) is 13.5. The average molecular weight is 508 g/mol. The lowest BCUT2D eigenvalue weighted by Crippen LogP contribution is -2.58. The average Bonchev–Trinajstić information content (AvgIpc) is 3.75. The Bertz CT molecular complexity index is 1180. The molecule has 6 rings (SSSR count). The van der Waals surface area contributed by atoms with Gasteiger partial charge in [0.2, 0.25) is 0 Å². The predicted molar refractivity (Wildman–Crippen MR) is 140 cm³/mol. The van der Waals surface area contributed by atoms with Crippen molar-refractivity contribution in [2.45, 2.75) is 89.3 Å². The number of amides is 2. The van der Waals surface area contributed by atoms with Crippen molar-refractivity contribution in [3.8, 4) is 0 Å². The molecule has 0 aromatic carbocycles. The van der Waals surface area contributed by atoms with Crippen molar-refractivity contribution in [3.05, 3.63) is 18.0 Å². The van der Waals surface area contributed by atoms with E-state index < -0.39 is 5.60 Å². The monoisotopic (exact) mass is 507 g/mol. The number of oxime groups is 1. The van der Waals surface area contributed by atoms with Gasteiger partial charge in [-0.1, -0.05) is 24.4 Å². The summed E-state index contributed by atoms with van der Waals surface area (Å²) < 4.78 is 1.89. The predicted octanol–water partition coefficient (Wildman–Crippen LogP) is 3.30. The molecule has 10 nitrogen and oxygen atoms in total. The molecule has 1 saturated carbocycles. The second-order valence-electron chi connectivity index (χ2n) is 10.9. The van der Waals surface area contributed by atoms with E-state index >= 15 is 0 Å². The third-order valence-corrected chi connectivity index (χ3v) is 8.44. The topological polar surface area (TPSA) is 105 Å². The number of hydrogen-bond acceptors (Lipinski definition) is 7. The van der Waals surface area contributed by atoms with Crippen LogP contribution in [0.25, 0.3) is 11.0 Å². The summed E-state index contributed by atoms with van der Waals surface area (Å²) in [5, 5.41) is 13.7. The van der Waals surface area contributed by atoms with Gasteiger partial charge in [-0.15, -0.1) is 0 Å². The van der Waals surface area contributed by atoms with Gasteiger partial charge in [-0.3, -0.25) is 9.59 Å². The van der Waals surface area contributed by atoms with E-state index in [2.05, 4.69) is 15.6 Å². The zero-order valence-corrected chi connectivity index (χ0v) is 21.7. The summed E-state index contributed by atoms with van der Waals surface area (Å²) in [4.78, 5) is 41.9. The smallest absolute Gasteiger partial charge is 0.297 e. The molecule has 2 saturated heterocycles. The third-order valence-electron chi connectivity index (χ3n) is 8.44. The lowest BCUT2D eigenvalue weighted by molar-refractivity contribution is -0.170. The first kappa shape index (κ1) is 24.2. The van der Waals surface area contributed by atoms with E-state index in [1.165, 1.54) is 19.3 Å². The van der Waals surface area contributed by atoms with Crippen LogP contribution >= 0.6 is 0 Å². The van der Waals surface area contributed by atoms with Crippen molar-refractivity contribution in [3.63, 3.8) is 0 Å². The number of aryl methyl sites for hydroxylation is 1. The van der Waals surface area contributed by atoms with Crippen molar-refractivity contribution in [2.24, 2.45) is 5.16 Å². The van der Waals surface area contributed by atoms with Gasteiger partial charge in [0.15, 0.2) is 5.65 Å². The lowest BCUT2D eigenvalue weighted by atomic mass is 9.90. The lowest BCUT2D eigenvalue weighted by Gasteiger charge is -2.32. The molecule has 10 heteroatoms. The largest absolute Gasteiger partial charge is 0.381 e. The second-order valence-corrected chi connectivity index (χ2v) is 10.9. The fraction of sp³-hybridized carbons (Fsp3) is 0.667. The molecule has 0 spiro atoms. The quantitative estimate of drug-likeness (QED) is 0.602. The van der Waals surface area contributed by atoms with Crippen LogP contribution in [0, 0.1) is 0 Å². The number of hydrogen-bond donors (Lipinski definition) is 1. The molecule has 3 fully saturated rings. The molecule has 1 N–H and O–H groups in total. The van der Waals surface area contributed by atoms with Gasteiger partial charge in [-0.25, -0.2) is 9.67 Å². The zero-order valence-electron chi connectivity index (χ0n) is 21.7. The van der Waals surface area contributed by atoms with Crippen molar-refractivity contribution >= 4 is 34.2 Å². The number of fused-ring (bicyclic) bond motifs is 1. The first-order valence-electron chi connectivity index (χ1n) is 14.1. The van der Waals surface area contributed by atoms with Gasteiger partial charge in [-0.2, -0.15) is 5.10 Å². The zero-order chi connectivity index (χ0) is 25.4. The number of nitrogens with zero attached hydrogens (tertiary/aromatic N) is 6. The molecular weight excluding hydrogens is 470 g/mol. The molecule has 4 aliphatic rings. The number of carbonyl (C=O) groups excluding carboxylic acids is 2. The van der Waals surface area contributed by atoms with Gasteiger partial charge >= 0.3 is 0 Å². The van der Waals surface area contributed by atoms with Crippen LogP contribution in [-0.4, -0.2) is 79.9 Å². The SMILES string of the molecule is CCn1ncc2c(NC3CCCCC3)c(C3=NOC(C(=O)N4CCCC4)(C(=O)N4CCCC4)C3)cnc21. The van der Waals surface area contributed by atoms with Gasteiger partial charge in [0.1, 0.15) is 0 Å². The molecule has 2 aromatic heterocycles. The summed E-state index contributed by atoms with van der Waals surface area (Å²) in [6, 6.07) is 0.355. The van der Waals surface area contributed by atoms with E-state index in [9.17, 15) is 9.59 Å². The van der Waals surface area contributed by atoms with Crippen LogP contribution in [0.4, 0.5) is 5.69 Å². The Morgan fingerprint density at radius 1 is 0.973 bits per heavy atom. The number of rotatable bonds is 6. The minimum absolute atomic E-state index is 0.117. The van der Waals surface area contributed by atoms with Gasteiger partial charge in [0.25, 0.3) is 17.4 Å². The molecule has 0 unspecified atom stereocenters. The second kappa shape index (κ2) is 9.95. The number of anilines is 1. The molecule has 198 valence electrons. The number of likely N-dealkylation sites (tertiary alicyclic amines) is 2. The van der Waals surface area contributed by atoms with Crippen LogP contribution in [0.2, 0.25) is 0 Å². The minimum atomic E-state index is -1.63. The van der Waals surface area contributed by atoms with Gasteiger partial charge < -0.3 is 20.0 Å². The van der Waals surface area contributed by atoms with E-state index in [0.29, 0.717) is 37.9 Å². The number of aromatic nitrogens is 3. The van der Waals surface area contributed by atoms with Crippen LogP contribution in [0.15, 0.2) is 17.5 Å². The summed E-state index contributed by atoms with van der Waals surface area (Å²) in [7, 11) is 0. The molecule has 1 aliphatic carbocycles. The van der Waals surface area contributed by atoms with Crippen molar-refractivity contribution in [1.29, 1.82) is 0 Å². The molecule has 0 bridgehead atoms. The van der Waals surface area contributed by atoms with E-state index in [-0.39, 0.29) is 18.2 Å². The highest BCUT2D eigenvalue weighted by Crippen LogP contribution is 2.37. The normalized spacial score (nSPS) is 21.9. The fourth-order valence-corrected chi connectivity index (χ4v) is 6.33. The van der Waals surface area contributed by atoms with Gasteiger partial charge in [-0.05, 0) is 45.4 Å². The number of nitrogens with one attached hydrogen (secondary N) is 1. The Morgan fingerprint density at radius 2 is 1.62 bits per heavy atom. The molecule has 3 aliphatic heterocycles. The fourth-order valence-electron chi connectivity index (χ4n) is 6.33. The standard InChI is InChI=1S/C27H37N7O3/c1-2-34-24-21(18-29-34)23(30-19-10-4-3-5-11-19)20(17-28-24)22-16-27(37-31-22,25(35)32-12-6-7-13-32)26(36)33-14-8-9-15-33/h17-19H,2-16H2,1H3,(H,28,30). The highest BCUT2D eigenvalue weighted by molar-refractivity contribution is 6.18. The molecule has 37 heavy (non-hydrogen) atoms. The van der Waals surface area contributed by atoms with Crippen molar-refractivity contribution in [1.82, 2.24) is 24.6 Å². The molecule has 0 radical (unpaired) electrons. The van der Waals surface area contributed by atoms with Crippen LogP contribution in [0.3, 0.4) is 0 Å². The van der Waals surface area contributed by atoms with Crippen LogP contribution in [-0.2, 0) is 21.0 Å². The molecule has 2 amide bonds. The van der Waals surface area contributed by atoms with E-state index in [1.807, 2.05) is 17.8 Å². The number of pyridine rings is 1. The van der Waals surface area contributed by atoms with Crippen molar-refractivity contribution < 1.29 is 14.4 Å². The van der Waals surface area contributed by atoms with Crippen LogP contribution in [0.1, 0.15) is 76.7 Å². The van der Waals surface area contributed by atoms with Crippen molar-refractivity contribution in [2.75, 3.05) is 31.5 Å². The number of carbonyl (C=O) groups is 2. The first-order valence-corrected chi connectivity index (χ1v) is 14.1. The summed E-state index contributed by atoms with van der Waals surface area (Å²) >= 11 is 0. The molecular formula is C27H37N7O3. The minimum Gasteiger partial charge on any atom is -0.381 e. The van der Waals surface area contributed by atoms with Crippen LogP contribution < -0.4 is 5.32 Å². The van der Waals surface area contributed by atoms with Gasteiger partial charge in [0.05, 0.1) is 29.4 Å². The molecule has 2 aromatic rings.